The fraction of sp³-hybridized carbons (Fsp3) is 0.507. The highest BCUT2D eigenvalue weighted by Crippen LogP contribution is 2.46. The molecule has 4 aromatic rings. The third-order valence-corrected chi connectivity index (χ3v) is 17.0. The maximum atomic E-state index is 15.5. The first kappa shape index (κ1) is 68.1. The molecule has 7 amide bonds. The molecule has 0 saturated carbocycles. The molecular formula is C67H81FN8O15. The van der Waals surface area contributed by atoms with Crippen molar-refractivity contribution in [1.82, 2.24) is 41.0 Å². The molecule has 24 heteroatoms. The van der Waals surface area contributed by atoms with E-state index in [1.54, 1.807) is 71.0 Å². The summed E-state index contributed by atoms with van der Waals surface area (Å²) >= 11 is 0. The van der Waals surface area contributed by atoms with Gasteiger partial charge >= 0.3 is 12.1 Å². The molecule has 0 saturated heterocycles. The van der Waals surface area contributed by atoms with Gasteiger partial charge in [-0.3, -0.25) is 52.8 Å². The molecule has 2 aromatic heterocycles. The van der Waals surface area contributed by atoms with E-state index in [1.807, 2.05) is 0 Å². The largest absolute Gasteiger partial charge is 0.458 e. The van der Waals surface area contributed by atoms with Crippen molar-refractivity contribution in [2.75, 3.05) is 26.2 Å². The number of ether oxygens (including phenoxy) is 2. The highest BCUT2D eigenvalue weighted by molar-refractivity contribution is 6.12. The van der Waals surface area contributed by atoms with E-state index < -0.39 is 88.5 Å². The van der Waals surface area contributed by atoms with Crippen molar-refractivity contribution in [3.63, 3.8) is 0 Å². The summed E-state index contributed by atoms with van der Waals surface area (Å²) in [6.45, 7) is 8.46. The van der Waals surface area contributed by atoms with E-state index in [9.17, 15) is 62.6 Å². The van der Waals surface area contributed by atoms with Crippen molar-refractivity contribution < 1.29 is 71.7 Å². The fourth-order valence-corrected chi connectivity index (χ4v) is 12.1. The molecule has 1 aliphatic carbocycles. The molecule has 0 radical (unpaired) electrons. The molecule has 6 N–H and O–H groups in total. The lowest BCUT2D eigenvalue weighted by molar-refractivity contribution is -0.172. The Balaban J connectivity index is 0.797. The predicted molar refractivity (Wildman–Crippen MR) is 330 cm³/mol. The number of carbonyl (C=O) groups excluding carboxylic acids is 11. The molecule has 3 aliphatic heterocycles. The summed E-state index contributed by atoms with van der Waals surface area (Å²) in [5, 5.41) is 26.0. The van der Waals surface area contributed by atoms with Crippen molar-refractivity contribution in [2.24, 2.45) is 5.92 Å². The summed E-state index contributed by atoms with van der Waals surface area (Å²) in [4.78, 5) is 162. The topological polar surface area (TPSA) is 325 Å². The number of cyclic esters (lactones) is 1. The summed E-state index contributed by atoms with van der Waals surface area (Å²) in [5.41, 5.74) is 1.45. The molecule has 0 fully saturated rings. The van der Waals surface area contributed by atoms with Gasteiger partial charge in [0.05, 0.1) is 47.6 Å². The van der Waals surface area contributed by atoms with Crippen LogP contribution in [0.15, 0.2) is 59.4 Å². The van der Waals surface area contributed by atoms with Crippen molar-refractivity contribution >= 4 is 75.8 Å². The van der Waals surface area contributed by atoms with E-state index in [0.29, 0.717) is 83.9 Å². The molecule has 23 nitrogen and oxygen atoms in total. The van der Waals surface area contributed by atoms with Gasteiger partial charge < -0.3 is 45.7 Å². The third-order valence-electron chi connectivity index (χ3n) is 17.0. The van der Waals surface area contributed by atoms with Crippen LogP contribution < -0.4 is 32.1 Å². The number of rotatable bonds is 32. The molecule has 91 heavy (non-hydrogen) atoms. The number of nitrogens with zero attached hydrogens (tertiary/aromatic N) is 3. The lowest BCUT2D eigenvalue weighted by Crippen LogP contribution is -2.44. The van der Waals surface area contributed by atoms with Crippen LogP contribution in [-0.2, 0) is 89.0 Å². The number of Topliss-reactive ketones (excluding diaryl/α,β-unsaturated/α-hetero) is 3. The van der Waals surface area contributed by atoms with Gasteiger partial charge in [0.2, 0.25) is 23.6 Å². The zero-order valence-electron chi connectivity index (χ0n) is 52.3. The first-order chi connectivity index (χ1) is 43.3. The minimum absolute atomic E-state index is 0.00835. The lowest BCUT2D eigenvalue weighted by atomic mass is 9.81. The van der Waals surface area contributed by atoms with Gasteiger partial charge in [0.1, 0.15) is 23.8 Å². The Labute approximate surface area is 526 Å². The van der Waals surface area contributed by atoms with Gasteiger partial charge in [0.25, 0.3) is 17.4 Å². The van der Waals surface area contributed by atoms with Crippen LogP contribution in [0.1, 0.15) is 175 Å². The second-order valence-electron chi connectivity index (χ2n) is 24.8. The minimum atomic E-state index is -2.05. The standard InChI is InChI=1S/C67H81FN8O15/c1-6-67(89)47-34-52-61-45(37-76(52)63(86)46(47)38-90-64(67)87)60-49(23-22-44-39(2)48(68)35-51(74-61)59(44)60)72-55(81)20-15-30-69-54(80)26-24-53(79)50(32-40-16-9-7-10-17-40)73-56(82)25-21-43(78)36-71-62(85)41(18-12-13-29-70-65(88)91-66(3,4)5)33-42(77)19-11-8-14-31-75-57(83)27-28-58(75)84/h7,9-10,16-17,27-28,34-35,41,49-50,89H,6,8,11-15,18-26,29-33,36-38H2,1-5H3,(H,69,80)(H,70,88)(H,71,85)(H,72,81)(H,73,82)/t41-,49+,50+,67+/m1/s1. The number of imide groups is 1. The molecule has 0 bridgehead atoms. The van der Waals surface area contributed by atoms with Crippen LogP contribution in [0, 0.1) is 18.7 Å². The van der Waals surface area contributed by atoms with Crippen molar-refractivity contribution in [1.29, 1.82) is 0 Å². The number of fused-ring (bicyclic) bond motifs is 5. The number of aliphatic hydroxyl groups is 1. The Kier molecular flexibility index (Phi) is 22.7. The third kappa shape index (κ3) is 17.2. The molecule has 0 spiro atoms. The van der Waals surface area contributed by atoms with E-state index in [2.05, 4.69) is 26.6 Å². The van der Waals surface area contributed by atoms with E-state index in [4.69, 9.17) is 14.5 Å². The summed E-state index contributed by atoms with van der Waals surface area (Å²) in [7, 11) is 0. The fourth-order valence-electron chi connectivity index (χ4n) is 12.1. The van der Waals surface area contributed by atoms with Crippen LogP contribution in [-0.4, -0.2) is 122 Å². The summed E-state index contributed by atoms with van der Waals surface area (Å²) < 4.78 is 27.5. The number of carbonyl (C=O) groups is 11. The lowest BCUT2D eigenvalue weighted by Gasteiger charge is -2.31. The smallest absolute Gasteiger partial charge is 0.407 e. The zero-order chi connectivity index (χ0) is 65.7. The monoisotopic (exact) mass is 1260 g/mol. The number of alkyl carbamates (subject to hydrolysis) is 1. The predicted octanol–water partition coefficient (Wildman–Crippen LogP) is 5.83. The highest BCUT2D eigenvalue weighted by atomic mass is 19.1. The van der Waals surface area contributed by atoms with Crippen molar-refractivity contribution in [3.05, 3.63) is 110 Å². The first-order valence-corrected chi connectivity index (χ1v) is 31.4. The van der Waals surface area contributed by atoms with Crippen LogP contribution in [0.4, 0.5) is 9.18 Å². The molecule has 0 unspecified atom stereocenters. The number of pyridine rings is 2. The highest BCUT2D eigenvalue weighted by Gasteiger charge is 2.46. The average Bonchev–Trinajstić information content (AvgIpc) is 1.63. The number of halogens is 1. The van der Waals surface area contributed by atoms with Gasteiger partial charge in [0, 0.05) is 105 Å². The number of aryl methyl sites for hydroxylation is 1. The van der Waals surface area contributed by atoms with E-state index >= 15 is 4.39 Å². The molecule has 5 heterocycles. The first-order valence-electron chi connectivity index (χ1n) is 31.4. The number of hydrogen-bond acceptors (Lipinski definition) is 16. The number of esters is 1. The van der Waals surface area contributed by atoms with Crippen molar-refractivity contribution in [2.45, 2.75) is 187 Å². The van der Waals surface area contributed by atoms with Crippen LogP contribution >= 0.6 is 0 Å². The molecule has 4 aliphatic rings. The van der Waals surface area contributed by atoms with Gasteiger partial charge in [-0.1, -0.05) is 50.1 Å². The van der Waals surface area contributed by atoms with Gasteiger partial charge in [-0.25, -0.2) is 19.0 Å². The van der Waals surface area contributed by atoms with Gasteiger partial charge in [-0.05, 0) is 114 Å². The summed E-state index contributed by atoms with van der Waals surface area (Å²) in [5.74, 6) is -5.85. The van der Waals surface area contributed by atoms with Crippen LogP contribution in [0.5, 0.6) is 0 Å². The molecular weight excluding hydrogens is 1180 g/mol. The number of hydrogen-bond donors (Lipinski definition) is 6. The normalized spacial score (nSPS) is 16.9. The molecule has 4 atom stereocenters. The maximum absolute atomic E-state index is 15.5. The molecule has 8 rings (SSSR count). The summed E-state index contributed by atoms with van der Waals surface area (Å²) in [6.07, 6.45) is 4.78. The second-order valence-corrected chi connectivity index (χ2v) is 24.8. The Morgan fingerprint density at radius 2 is 1.53 bits per heavy atom. The van der Waals surface area contributed by atoms with Gasteiger partial charge in [-0.2, -0.15) is 0 Å². The number of aromatic nitrogens is 2. The Morgan fingerprint density at radius 3 is 2.25 bits per heavy atom. The number of unbranched alkanes of at least 4 members (excludes halogenated alkanes) is 3. The van der Waals surface area contributed by atoms with Crippen LogP contribution in [0.3, 0.4) is 0 Å². The van der Waals surface area contributed by atoms with Gasteiger partial charge in [-0.15, -0.1) is 0 Å². The van der Waals surface area contributed by atoms with E-state index in [-0.39, 0.29) is 138 Å². The molecule has 2 aromatic carbocycles. The average molecular weight is 1260 g/mol. The van der Waals surface area contributed by atoms with E-state index in [0.717, 1.165) is 16.0 Å². The Hall–Kier alpha value is -8.80. The number of amides is 7. The van der Waals surface area contributed by atoms with Crippen LogP contribution in [0.25, 0.3) is 22.3 Å². The Morgan fingerprint density at radius 1 is 0.802 bits per heavy atom. The molecule has 486 valence electrons. The summed E-state index contributed by atoms with van der Waals surface area (Å²) in [6, 6.07) is 10.2. The minimum Gasteiger partial charge on any atom is -0.458 e. The SMILES string of the molecule is CC[C@@]1(O)C(=O)OCc2c1cc1n(c2=O)Cc2c-1nc1cc(F)c(C)c3c1c2[C@@H](NC(=O)CCCNC(=O)CCC(=O)[C@H](Cc1ccccc1)NC(=O)CCC(=O)CNC(=O)[C@H](CCCCNC(=O)OC(C)(C)C)CC(=O)CCCCCN1C(=O)C=CC1=O)CC3. The van der Waals surface area contributed by atoms with Crippen molar-refractivity contribution in [3.8, 4) is 11.4 Å². The Bertz CT molecular complexity index is 3600. The van der Waals surface area contributed by atoms with E-state index in [1.165, 1.54) is 22.8 Å². The number of benzene rings is 2. The number of nitrogens with one attached hydrogen (secondary N) is 5. The van der Waals surface area contributed by atoms with Gasteiger partial charge in [0.15, 0.2) is 17.2 Å². The quantitative estimate of drug-likeness (QED) is 0.0168. The maximum Gasteiger partial charge on any atom is 0.407 e. The van der Waals surface area contributed by atoms with Crippen LogP contribution in [0.2, 0.25) is 0 Å². The number of ketones is 3. The second kappa shape index (κ2) is 30.3. The zero-order valence-corrected chi connectivity index (χ0v) is 52.3.